The zero-order valence-corrected chi connectivity index (χ0v) is 38.0. The van der Waals surface area contributed by atoms with E-state index in [0.717, 1.165) is 109 Å². The molecule has 0 bridgehead atoms. The molecule has 334 valence electrons. The maximum Gasteiger partial charge on any atom is 0.306 e. The Labute approximate surface area is 362 Å². The summed E-state index contributed by atoms with van der Waals surface area (Å²) in [6, 6.07) is 0. The summed E-state index contributed by atoms with van der Waals surface area (Å²) in [7, 11) is 0. The van der Waals surface area contributed by atoms with E-state index in [0.29, 0.717) is 19.3 Å². The summed E-state index contributed by atoms with van der Waals surface area (Å²) in [5.74, 6) is -0.973. The van der Waals surface area contributed by atoms with Crippen molar-refractivity contribution in [1.82, 2.24) is 0 Å². The lowest BCUT2D eigenvalue weighted by Crippen LogP contribution is -2.30. The molecule has 0 heterocycles. The van der Waals surface area contributed by atoms with Gasteiger partial charge in [0.1, 0.15) is 13.2 Å². The molecule has 0 fully saturated rings. The number of rotatable bonds is 41. The van der Waals surface area contributed by atoms with Crippen molar-refractivity contribution in [3.05, 3.63) is 97.2 Å². The molecule has 0 N–H and O–H groups in total. The summed E-state index contributed by atoms with van der Waals surface area (Å²) in [6.07, 6.45) is 60.9. The molecule has 0 saturated carbocycles. The minimum atomic E-state index is -0.802. The fourth-order valence-corrected chi connectivity index (χ4v) is 6.03. The molecule has 1 atom stereocenters. The molecule has 0 saturated heterocycles. The fourth-order valence-electron chi connectivity index (χ4n) is 6.03. The van der Waals surface area contributed by atoms with Crippen LogP contribution in [0.1, 0.15) is 201 Å². The van der Waals surface area contributed by atoms with Crippen molar-refractivity contribution in [1.29, 1.82) is 0 Å². The second-order valence-electron chi connectivity index (χ2n) is 15.5. The van der Waals surface area contributed by atoms with Gasteiger partial charge in [0.25, 0.3) is 0 Å². The summed E-state index contributed by atoms with van der Waals surface area (Å²) < 4.78 is 16.7. The fraction of sp³-hybridized carbons (Fsp3) is 0.642. The number of hydrogen-bond acceptors (Lipinski definition) is 6. The largest absolute Gasteiger partial charge is 0.462 e. The molecule has 0 aromatic rings. The minimum Gasteiger partial charge on any atom is -0.462 e. The first-order valence-corrected chi connectivity index (χ1v) is 23.8. The zero-order valence-electron chi connectivity index (χ0n) is 38.0. The standard InChI is InChI=1S/C53H86O6/c1-4-7-10-13-16-19-22-24-25-26-27-28-29-32-34-37-40-43-46-52(55)58-49-50(48-57-51(54)45-42-39-36-33-30-21-18-15-12-9-6-3)59-53(56)47-44-41-38-35-31-23-20-17-14-11-8-5-2/h10,13,15-22,24-28,30,50H,4-9,11-12,14,23,29,31-49H2,1-3H3/b13-10-,18-15-,19-16-,20-17-,24-22-,26-25-,28-27-,30-21-. The number of allylic oxidation sites excluding steroid dienone is 16. The van der Waals surface area contributed by atoms with Crippen molar-refractivity contribution in [2.24, 2.45) is 0 Å². The van der Waals surface area contributed by atoms with Gasteiger partial charge in [-0.15, -0.1) is 0 Å². The smallest absolute Gasteiger partial charge is 0.306 e. The van der Waals surface area contributed by atoms with E-state index in [-0.39, 0.29) is 31.1 Å². The van der Waals surface area contributed by atoms with Gasteiger partial charge < -0.3 is 14.2 Å². The van der Waals surface area contributed by atoms with Gasteiger partial charge in [-0.1, -0.05) is 195 Å². The molecule has 0 aromatic heterocycles. The predicted octanol–water partition coefficient (Wildman–Crippen LogP) is 15.4. The van der Waals surface area contributed by atoms with Crippen LogP contribution < -0.4 is 0 Å². The number of carbonyl (C=O) groups is 3. The summed E-state index contributed by atoms with van der Waals surface area (Å²) in [5.41, 5.74) is 0. The Kier molecular flexibility index (Phi) is 44.1. The number of carbonyl (C=O) groups excluding carboxylic acids is 3. The summed E-state index contributed by atoms with van der Waals surface area (Å²) in [5, 5.41) is 0. The number of ether oxygens (including phenoxy) is 3. The van der Waals surface area contributed by atoms with Gasteiger partial charge in [0.15, 0.2) is 6.10 Å². The topological polar surface area (TPSA) is 78.9 Å². The average molecular weight is 819 g/mol. The van der Waals surface area contributed by atoms with Crippen LogP contribution in [0.15, 0.2) is 97.2 Å². The summed E-state index contributed by atoms with van der Waals surface area (Å²) >= 11 is 0. The highest BCUT2D eigenvalue weighted by molar-refractivity contribution is 5.71. The van der Waals surface area contributed by atoms with Crippen molar-refractivity contribution in [2.75, 3.05) is 13.2 Å². The van der Waals surface area contributed by atoms with E-state index in [1.165, 1.54) is 51.4 Å². The molecule has 0 radical (unpaired) electrons. The Morgan fingerprint density at radius 2 is 0.678 bits per heavy atom. The monoisotopic (exact) mass is 819 g/mol. The lowest BCUT2D eigenvalue weighted by molar-refractivity contribution is -0.167. The Morgan fingerprint density at radius 1 is 0.339 bits per heavy atom. The SMILES string of the molecule is CCC\C=C/C=C\C=C/C=C\C=C/CCCCCCCC(=O)OCC(COC(=O)CCCCC/C=C\C=C/CCCC)OC(=O)CCCCCCC/C=C\CCCCC. The van der Waals surface area contributed by atoms with Gasteiger partial charge in [-0.05, 0) is 83.5 Å². The summed E-state index contributed by atoms with van der Waals surface area (Å²) in [4.78, 5) is 37.8. The molecule has 0 rings (SSSR count). The lowest BCUT2D eigenvalue weighted by atomic mass is 10.1. The third-order valence-electron chi connectivity index (χ3n) is 9.67. The quantitative estimate of drug-likeness (QED) is 0.0201. The van der Waals surface area contributed by atoms with Crippen molar-refractivity contribution in [2.45, 2.75) is 207 Å². The van der Waals surface area contributed by atoms with Crippen LogP contribution in [0.5, 0.6) is 0 Å². The van der Waals surface area contributed by atoms with E-state index in [9.17, 15) is 14.4 Å². The van der Waals surface area contributed by atoms with Gasteiger partial charge >= 0.3 is 17.9 Å². The minimum absolute atomic E-state index is 0.104. The van der Waals surface area contributed by atoms with Gasteiger partial charge in [-0.2, -0.15) is 0 Å². The van der Waals surface area contributed by atoms with E-state index in [4.69, 9.17) is 14.2 Å². The van der Waals surface area contributed by atoms with E-state index < -0.39 is 6.10 Å². The first-order valence-electron chi connectivity index (χ1n) is 23.8. The molecule has 1 unspecified atom stereocenters. The van der Waals surface area contributed by atoms with Crippen molar-refractivity contribution in [3.8, 4) is 0 Å². The molecule has 0 aliphatic rings. The molecular weight excluding hydrogens is 733 g/mol. The van der Waals surface area contributed by atoms with Crippen LogP contribution in [0.2, 0.25) is 0 Å². The molecule has 6 nitrogen and oxygen atoms in total. The van der Waals surface area contributed by atoms with Crippen molar-refractivity contribution in [3.63, 3.8) is 0 Å². The van der Waals surface area contributed by atoms with Crippen LogP contribution >= 0.6 is 0 Å². The maximum absolute atomic E-state index is 12.7. The molecule has 59 heavy (non-hydrogen) atoms. The van der Waals surface area contributed by atoms with Crippen LogP contribution in [-0.4, -0.2) is 37.2 Å². The number of hydrogen-bond donors (Lipinski definition) is 0. The second kappa shape index (κ2) is 47.0. The summed E-state index contributed by atoms with van der Waals surface area (Å²) in [6.45, 7) is 6.39. The first-order chi connectivity index (χ1) is 29.0. The van der Waals surface area contributed by atoms with Crippen LogP contribution in [0, 0.1) is 0 Å². The third kappa shape index (κ3) is 45.3. The van der Waals surface area contributed by atoms with E-state index in [2.05, 4.69) is 81.5 Å². The van der Waals surface area contributed by atoms with E-state index in [1.807, 2.05) is 36.5 Å². The van der Waals surface area contributed by atoms with E-state index >= 15 is 0 Å². The number of esters is 3. The average Bonchev–Trinajstić information content (AvgIpc) is 3.23. The van der Waals surface area contributed by atoms with E-state index in [1.54, 1.807) is 0 Å². The predicted molar refractivity (Wildman–Crippen MR) is 251 cm³/mol. The molecule has 0 aliphatic carbocycles. The highest BCUT2D eigenvalue weighted by Crippen LogP contribution is 2.12. The zero-order chi connectivity index (χ0) is 43.0. The normalized spacial score (nSPS) is 12.9. The number of unbranched alkanes of at least 4 members (excludes halogenated alkanes) is 19. The van der Waals surface area contributed by atoms with Crippen molar-refractivity contribution >= 4 is 17.9 Å². The van der Waals surface area contributed by atoms with Gasteiger partial charge in [-0.25, -0.2) is 0 Å². The highest BCUT2D eigenvalue weighted by Gasteiger charge is 2.19. The Balaban J connectivity index is 4.48. The van der Waals surface area contributed by atoms with Crippen molar-refractivity contribution < 1.29 is 28.6 Å². The third-order valence-corrected chi connectivity index (χ3v) is 9.67. The second-order valence-corrected chi connectivity index (χ2v) is 15.5. The van der Waals surface area contributed by atoms with Gasteiger partial charge in [0.05, 0.1) is 0 Å². The van der Waals surface area contributed by atoms with Crippen LogP contribution in [0.25, 0.3) is 0 Å². The first kappa shape index (κ1) is 55.3. The van der Waals surface area contributed by atoms with Crippen LogP contribution in [0.4, 0.5) is 0 Å². The Hall–Kier alpha value is -3.67. The van der Waals surface area contributed by atoms with Crippen LogP contribution in [-0.2, 0) is 28.6 Å². The Morgan fingerprint density at radius 3 is 1.15 bits per heavy atom. The van der Waals surface area contributed by atoms with Gasteiger partial charge in [0.2, 0.25) is 0 Å². The molecule has 0 amide bonds. The molecule has 0 aliphatic heterocycles. The highest BCUT2D eigenvalue weighted by atomic mass is 16.6. The molecule has 6 heteroatoms. The lowest BCUT2D eigenvalue weighted by Gasteiger charge is -2.18. The molecular formula is C53H86O6. The molecule has 0 aromatic carbocycles. The van der Waals surface area contributed by atoms with Gasteiger partial charge in [0, 0.05) is 19.3 Å². The van der Waals surface area contributed by atoms with Gasteiger partial charge in [-0.3, -0.25) is 14.4 Å². The van der Waals surface area contributed by atoms with Crippen LogP contribution in [0.3, 0.4) is 0 Å². The molecule has 0 spiro atoms. The maximum atomic E-state index is 12.7. The Bertz CT molecular complexity index is 1220.